The molecule has 0 radical (unpaired) electrons. The fraction of sp³-hybridized carbons (Fsp3) is 0.143. The van der Waals surface area contributed by atoms with E-state index in [9.17, 15) is 4.79 Å². The van der Waals surface area contributed by atoms with E-state index < -0.39 is 0 Å². The highest BCUT2D eigenvalue weighted by molar-refractivity contribution is 7.79. The van der Waals surface area contributed by atoms with Crippen LogP contribution in [0.25, 0.3) is 0 Å². The molecular formula is C7H6OS. The van der Waals surface area contributed by atoms with E-state index in [0.29, 0.717) is 6.42 Å². The van der Waals surface area contributed by atoms with Gasteiger partial charge in [0, 0.05) is 11.8 Å². The molecule has 46 valence electrons. The summed E-state index contributed by atoms with van der Waals surface area (Å²) in [6.07, 6.45) is 5.67. The Hall–Kier alpha value is -0.760. The Morgan fingerprint density at radius 1 is 1.56 bits per heavy atom. The van der Waals surface area contributed by atoms with E-state index in [1.165, 1.54) is 5.37 Å². The van der Waals surface area contributed by atoms with Crippen molar-refractivity contribution >= 4 is 23.4 Å². The molecule has 0 saturated carbocycles. The highest BCUT2D eigenvalue weighted by Gasteiger charge is 2.05. The van der Waals surface area contributed by atoms with E-state index in [1.807, 2.05) is 0 Å². The van der Waals surface area contributed by atoms with Gasteiger partial charge in [-0.25, -0.2) is 0 Å². The Kier molecular flexibility index (Phi) is 1.90. The molecule has 0 atom stereocenters. The lowest BCUT2D eigenvalue weighted by molar-refractivity contribution is -0.113. The van der Waals surface area contributed by atoms with E-state index in [1.54, 1.807) is 18.2 Å². The summed E-state index contributed by atoms with van der Waals surface area (Å²) in [5, 5.41) is 1.53. The van der Waals surface area contributed by atoms with Crippen molar-refractivity contribution in [1.82, 2.24) is 0 Å². The van der Waals surface area contributed by atoms with Crippen molar-refractivity contribution in [3.8, 4) is 0 Å². The zero-order valence-corrected chi connectivity index (χ0v) is 5.65. The fourth-order valence-electron chi connectivity index (χ4n) is 0.721. The van der Waals surface area contributed by atoms with E-state index in [-0.39, 0.29) is 5.78 Å². The van der Waals surface area contributed by atoms with Gasteiger partial charge in [0.2, 0.25) is 0 Å². The second kappa shape index (κ2) is 2.69. The molecule has 0 heterocycles. The van der Waals surface area contributed by atoms with Gasteiger partial charge >= 0.3 is 0 Å². The molecular weight excluding hydrogens is 132 g/mol. The number of thiocarbonyl (C=S) groups is 1. The average Bonchev–Trinajstić information content (AvgIpc) is 2.17. The predicted octanol–water partition coefficient (Wildman–Crippen LogP) is 1.44. The molecule has 0 aromatic heterocycles. The third-order valence-electron chi connectivity index (χ3n) is 1.14. The minimum absolute atomic E-state index is 0.165. The van der Waals surface area contributed by atoms with Gasteiger partial charge in [0.05, 0.1) is 0 Å². The molecule has 1 rings (SSSR count). The van der Waals surface area contributed by atoms with Gasteiger partial charge in [0.15, 0.2) is 5.78 Å². The Labute approximate surface area is 59.1 Å². The molecule has 0 aromatic carbocycles. The van der Waals surface area contributed by atoms with Gasteiger partial charge in [0.25, 0.3) is 0 Å². The molecule has 0 saturated heterocycles. The Balaban J connectivity index is 2.70. The summed E-state index contributed by atoms with van der Waals surface area (Å²) in [6, 6.07) is 0. The number of ketones is 1. The van der Waals surface area contributed by atoms with Gasteiger partial charge in [-0.15, -0.1) is 0 Å². The summed E-state index contributed by atoms with van der Waals surface area (Å²) in [4.78, 5) is 10.6. The maximum Gasteiger partial charge on any atom is 0.160 e. The Morgan fingerprint density at radius 2 is 2.33 bits per heavy atom. The van der Waals surface area contributed by atoms with Gasteiger partial charge < -0.3 is 0 Å². The largest absolute Gasteiger partial charge is 0.294 e. The molecule has 2 heteroatoms. The molecule has 0 unspecified atom stereocenters. The summed E-state index contributed by atoms with van der Waals surface area (Å²) in [5.74, 6) is 0.165. The molecule has 0 amide bonds. The molecule has 0 spiro atoms. The van der Waals surface area contributed by atoms with Gasteiger partial charge in [-0.3, -0.25) is 4.79 Å². The second-order valence-corrected chi connectivity index (χ2v) is 2.13. The maximum atomic E-state index is 10.6. The van der Waals surface area contributed by atoms with Crippen LogP contribution in [-0.2, 0) is 4.79 Å². The number of hydrogen-bond donors (Lipinski definition) is 0. The summed E-state index contributed by atoms with van der Waals surface area (Å²) >= 11 is 4.58. The molecule has 0 aromatic rings. The van der Waals surface area contributed by atoms with Crippen LogP contribution < -0.4 is 0 Å². The van der Waals surface area contributed by atoms with Crippen molar-refractivity contribution < 1.29 is 4.79 Å². The molecule has 1 aliphatic rings. The van der Waals surface area contributed by atoms with Crippen molar-refractivity contribution in [2.75, 3.05) is 0 Å². The molecule has 0 aliphatic heterocycles. The first-order valence-electron chi connectivity index (χ1n) is 2.68. The summed E-state index contributed by atoms with van der Waals surface area (Å²) < 4.78 is 0. The Bertz CT molecular complexity index is 201. The first-order valence-corrected chi connectivity index (χ1v) is 3.15. The molecule has 1 nitrogen and oxygen atoms in total. The third kappa shape index (κ3) is 1.57. The Morgan fingerprint density at radius 3 is 2.78 bits per heavy atom. The van der Waals surface area contributed by atoms with Gasteiger partial charge in [-0.1, -0.05) is 18.3 Å². The minimum atomic E-state index is 0.165. The normalized spacial score (nSPS) is 21.3. The van der Waals surface area contributed by atoms with Crippen molar-refractivity contribution in [1.29, 1.82) is 0 Å². The number of allylic oxidation sites excluding steroid dienone is 4. The van der Waals surface area contributed by atoms with Crippen LogP contribution in [0.3, 0.4) is 0 Å². The van der Waals surface area contributed by atoms with Crippen molar-refractivity contribution in [2.45, 2.75) is 6.42 Å². The highest BCUT2D eigenvalue weighted by atomic mass is 32.1. The van der Waals surface area contributed by atoms with Crippen molar-refractivity contribution in [3.63, 3.8) is 0 Å². The smallest absolute Gasteiger partial charge is 0.160 e. The van der Waals surface area contributed by atoms with Gasteiger partial charge in [-0.05, 0) is 17.7 Å². The van der Waals surface area contributed by atoms with E-state index in [2.05, 4.69) is 12.2 Å². The van der Waals surface area contributed by atoms with Crippen LogP contribution in [0.5, 0.6) is 0 Å². The lowest BCUT2D eigenvalue weighted by atomic mass is 10.2. The molecule has 0 bridgehead atoms. The highest BCUT2D eigenvalue weighted by Crippen LogP contribution is 2.11. The molecule has 1 aliphatic carbocycles. The van der Waals surface area contributed by atoms with Crippen LogP contribution in [0.1, 0.15) is 6.42 Å². The number of carbonyl (C=O) groups is 1. The fourth-order valence-corrected chi connectivity index (χ4v) is 0.896. The van der Waals surface area contributed by atoms with Crippen LogP contribution in [0.15, 0.2) is 23.8 Å². The number of hydrogen-bond acceptors (Lipinski definition) is 2. The van der Waals surface area contributed by atoms with E-state index in [0.717, 1.165) is 5.57 Å². The topological polar surface area (TPSA) is 17.1 Å². The van der Waals surface area contributed by atoms with Crippen molar-refractivity contribution in [3.05, 3.63) is 23.8 Å². The minimum Gasteiger partial charge on any atom is -0.294 e. The zero-order valence-electron chi connectivity index (χ0n) is 4.83. The first kappa shape index (κ1) is 6.36. The third-order valence-corrected chi connectivity index (χ3v) is 1.28. The first-order chi connectivity index (χ1) is 4.33. The van der Waals surface area contributed by atoms with Crippen LogP contribution in [0.4, 0.5) is 0 Å². The number of rotatable bonds is 1. The summed E-state index contributed by atoms with van der Waals surface area (Å²) in [5.41, 5.74) is 1.01. The summed E-state index contributed by atoms with van der Waals surface area (Å²) in [7, 11) is 0. The summed E-state index contributed by atoms with van der Waals surface area (Å²) in [6.45, 7) is 0. The monoisotopic (exact) mass is 138 g/mol. The molecule has 0 fully saturated rings. The van der Waals surface area contributed by atoms with Crippen LogP contribution >= 0.6 is 12.2 Å². The molecule has 9 heavy (non-hydrogen) atoms. The van der Waals surface area contributed by atoms with Gasteiger partial charge in [0.1, 0.15) is 0 Å². The maximum absolute atomic E-state index is 10.6. The van der Waals surface area contributed by atoms with Crippen LogP contribution in [-0.4, -0.2) is 11.2 Å². The SMILES string of the molecule is O=C1C=C/C(=C\C=S)C1. The van der Waals surface area contributed by atoms with Crippen LogP contribution in [0, 0.1) is 0 Å². The van der Waals surface area contributed by atoms with Crippen LogP contribution in [0.2, 0.25) is 0 Å². The quantitative estimate of drug-likeness (QED) is 0.403. The predicted molar refractivity (Wildman–Crippen MR) is 40.5 cm³/mol. The second-order valence-electron chi connectivity index (χ2n) is 1.85. The van der Waals surface area contributed by atoms with E-state index in [4.69, 9.17) is 0 Å². The van der Waals surface area contributed by atoms with Crippen molar-refractivity contribution in [2.24, 2.45) is 0 Å². The molecule has 0 N–H and O–H groups in total. The number of carbonyl (C=O) groups excluding carboxylic acids is 1. The van der Waals surface area contributed by atoms with Gasteiger partial charge in [-0.2, -0.15) is 0 Å². The zero-order chi connectivity index (χ0) is 6.69. The standard InChI is InChI=1S/C7H6OS/c8-7-2-1-6(5-7)3-4-9/h1-4H,5H2/b6-3+. The van der Waals surface area contributed by atoms with E-state index >= 15 is 0 Å². The lowest BCUT2D eigenvalue weighted by Crippen LogP contribution is -1.83. The lowest BCUT2D eigenvalue weighted by Gasteiger charge is -1.83. The average molecular weight is 138 g/mol.